The van der Waals surface area contributed by atoms with Crippen molar-refractivity contribution in [2.24, 2.45) is 0 Å². The van der Waals surface area contributed by atoms with Gasteiger partial charge in [0.05, 0.1) is 34.2 Å². The van der Waals surface area contributed by atoms with E-state index in [0.717, 1.165) is 31.6 Å². The first kappa shape index (κ1) is 27.2. The zero-order valence-corrected chi connectivity index (χ0v) is 23.4. The van der Waals surface area contributed by atoms with E-state index >= 15 is 0 Å². The lowest BCUT2D eigenvalue weighted by Gasteiger charge is -2.38. The van der Waals surface area contributed by atoms with Gasteiger partial charge in [0.1, 0.15) is 5.75 Å². The van der Waals surface area contributed by atoms with Crippen LogP contribution in [0.3, 0.4) is 0 Å². The molecule has 1 spiro atoms. The van der Waals surface area contributed by atoms with Crippen LogP contribution in [0, 0.1) is 0 Å². The lowest BCUT2D eigenvalue weighted by Crippen LogP contribution is -2.45. The van der Waals surface area contributed by atoms with Crippen molar-refractivity contribution in [1.29, 1.82) is 0 Å². The molecule has 2 aromatic carbocycles. The van der Waals surface area contributed by atoms with E-state index in [-0.39, 0.29) is 21.0 Å². The highest BCUT2D eigenvalue weighted by molar-refractivity contribution is 7.89. The van der Waals surface area contributed by atoms with Crippen molar-refractivity contribution >= 4 is 38.9 Å². The summed E-state index contributed by atoms with van der Waals surface area (Å²) in [5.74, 6) is 0.588. The number of nitrogens with one attached hydrogen (secondary N) is 1. The molecule has 0 radical (unpaired) electrons. The summed E-state index contributed by atoms with van der Waals surface area (Å²) in [6.45, 7) is 7.01. The Balaban J connectivity index is 1.29. The van der Waals surface area contributed by atoms with Gasteiger partial charge >= 0.3 is 6.01 Å². The van der Waals surface area contributed by atoms with E-state index in [2.05, 4.69) is 19.8 Å². The van der Waals surface area contributed by atoms with Gasteiger partial charge in [-0.2, -0.15) is 0 Å². The molecule has 0 bridgehead atoms. The molecular weight excluding hydrogens is 553 g/mol. The zero-order valence-electron chi connectivity index (χ0n) is 21.1. The van der Waals surface area contributed by atoms with Gasteiger partial charge in [-0.25, -0.2) is 13.1 Å². The molecule has 3 heterocycles. The molecule has 0 aliphatic carbocycles. The molecule has 2 aliphatic heterocycles. The van der Waals surface area contributed by atoms with E-state index < -0.39 is 21.9 Å². The summed E-state index contributed by atoms with van der Waals surface area (Å²) < 4.78 is 48.0. The number of halogens is 2. The predicted molar refractivity (Wildman–Crippen MR) is 143 cm³/mol. The van der Waals surface area contributed by atoms with Crippen molar-refractivity contribution in [2.75, 3.05) is 31.2 Å². The minimum atomic E-state index is -3.89. The maximum atomic E-state index is 12.9. The number of ether oxygens (including phenoxy) is 3. The van der Waals surface area contributed by atoms with Crippen molar-refractivity contribution in [1.82, 2.24) is 19.5 Å². The van der Waals surface area contributed by atoms with Crippen molar-refractivity contribution in [3.05, 3.63) is 58.3 Å². The molecule has 1 N–H and O–H groups in total. The number of rotatable bonds is 8. The van der Waals surface area contributed by atoms with Crippen LogP contribution >= 0.6 is 23.2 Å². The number of hydrogen-bond acceptors (Lipinski definition) is 8. The molecule has 38 heavy (non-hydrogen) atoms. The first-order chi connectivity index (χ1) is 18.2. The first-order valence-corrected chi connectivity index (χ1v) is 14.6. The second kappa shape index (κ2) is 11.0. The minimum absolute atomic E-state index is 0.00397. The summed E-state index contributed by atoms with van der Waals surface area (Å²) in [6.07, 6.45) is 1.61. The number of sulfonamides is 1. The molecule has 1 atom stereocenters. The van der Waals surface area contributed by atoms with Crippen LogP contribution in [0.1, 0.15) is 38.6 Å². The van der Waals surface area contributed by atoms with Crippen LogP contribution in [0.15, 0.2) is 47.4 Å². The molecule has 2 fully saturated rings. The highest BCUT2D eigenvalue weighted by Crippen LogP contribution is 2.35. The zero-order chi connectivity index (χ0) is 26.9. The molecule has 204 valence electrons. The van der Waals surface area contributed by atoms with Gasteiger partial charge in [-0.1, -0.05) is 34.4 Å². The maximum absolute atomic E-state index is 12.9. The number of aromatic nitrogens is 3. The van der Waals surface area contributed by atoms with Crippen molar-refractivity contribution in [2.45, 2.75) is 50.0 Å². The lowest BCUT2D eigenvalue weighted by atomic mass is 10.0. The van der Waals surface area contributed by atoms with E-state index in [1.807, 2.05) is 31.2 Å². The van der Waals surface area contributed by atoms with Gasteiger partial charge in [0.2, 0.25) is 10.0 Å². The number of benzene rings is 2. The summed E-state index contributed by atoms with van der Waals surface area (Å²) in [5, 5.41) is 8.84. The third-order valence-electron chi connectivity index (χ3n) is 6.71. The third-order valence-corrected chi connectivity index (χ3v) is 8.99. The smallest absolute Gasteiger partial charge is 0.322 e. The molecule has 0 amide bonds. The minimum Gasteiger partial charge on any atom is -0.424 e. The van der Waals surface area contributed by atoms with E-state index in [1.165, 1.54) is 18.2 Å². The number of piperidine rings is 1. The fraction of sp³-hybridized carbons (Fsp3) is 0.440. The first-order valence-electron chi connectivity index (χ1n) is 12.4. The van der Waals surface area contributed by atoms with E-state index in [1.54, 1.807) is 11.5 Å². The monoisotopic (exact) mass is 581 g/mol. The molecule has 2 saturated heterocycles. The Morgan fingerprint density at radius 1 is 1.08 bits per heavy atom. The second-order valence-corrected chi connectivity index (χ2v) is 11.7. The van der Waals surface area contributed by atoms with Gasteiger partial charge in [-0.3, -0.25) is 4.57 Å². The summed E-state index contributed by atoms with van der Waals surface area (Å²) in [4.78, 5) is 2.28. The standard InChI is InChI=1S/C25H29Cl2N5O5S/c1-3-32-23(17(2)30-38(33,34)20-7-8-21(26)22(27)16-20)28-29-24(32)37-19-6-4-5-18(15-19)31-11-9-25(10-12-31)35-13-14-36-25/h4-8,15-17,30H,3,9-14H2,1-2H3. The van der Waals surface area contributed by atoms with Gasteiger partial charge in [-0.05, 0) is 44.2 Å². The van der Waals surface area contributed by atoms with Gasteiger partial charge < -0.3 is 19.1 Å². The van der Waals surface area contributed by atoms with Crippen molar-refractivity contribution in [3.8, 4) is 11.8 Å². The Hall–Kier alpha value is -2.41. The maximum Gasteiger partial charge on any atom is 0.322 e. The number of nitrogens with zero attached hydrogens (tertiary/aromatic N) is 4. The average Bonchev–Trinajstić information content (AvgIpc) is 3.53. The van der Waals surface area contributed by atoms with Crippen LogP contribution in [0.4, 0.5) is 5.69 Å². The van der Waals surface area contributed by atoms with E-state index in [0.29, 0.717) is 31.3 Å². The summed E-state index contributed by atoms with van der Waals surface area (Å²) in [6, 6.07) is 11.5. The molecule has 3 aromatic rings. The van der Waals surface area contributed by atoms with Crippen LogP contribution in [0.2, 0.25) is 10.0 Å². The Kier molecular flexibility index (Phi) is 7.86. The van der Waals surface area contributed by atoms with Gasteiger partial charge in [-0.15, -0.1) is 5.10 Å². The van der Waals surface area contributed by atoms with E-state index in [4.69, 9.17) is 37.4 Å². The highest BCUT2D eigenvalue weighted by Gasteiger charge is 2.39. The predicted octanol–water partition coefficient (Wildman–Crippen LogP) is 4.78. The van der Waals surface area contributed by atoms with Crippen LogP contribution in [0.5, 0.6) is 11.8 Å². The third kappa shape index (κ3) is 5.63. The Labute approximate surface area is 231 Å². The molecule has 10 nitrogen and oxygen atoms in total. The molecular formula is C25H29Cl2N5O5S. The molecule has 1 aromatic heterocycles. The largest absolute Gasteiger partial charge is 0.424 e. The van der Waals surface area contributed by atoms with Gasteiger partial charge in [0, 0.05) is 44.2 Å². The van der Waals surface area contributed by atoms with E-state index in [9.17, 15) is 8.42 Å². The number of anilines is 1. The van der Waals surface area contributed by atoms with Crippen molar-refractivity contribution < 1.29 is 22.6 Å². The SMILES string of the molecule is CCn1c(Oc2cccc(N3CCC4(CC3)OCCO4)c2)nnc1C(C)NS(=O)(=O)c1ccc(Cl)c(Cl)c1. The van der Waals surface area contributed by atoms with Crippen LogP contribution in [0.25, 0.3) is 0 Å². The topological polar surface area (TPSA) is 108 Å². The van der Waals surface area contributed by atoms with Crippen molar-refractivity contribution in [3.63, 3.8) is 0 Å². The Bertz CT molecular complexity index is 1400. The summed E-state index contributed by atoms with van der Waals surface area (Å²) in [5.41, 5.74) is 1.03. The summed E-state index contributed by atoms with van der Waals surface area (Å²) in [7, 11) is -3.89. The summed E-state index contributed by atoms with van der Waals surface area (Å²) >= 11 is 11.9. The molecule has 5 rings (SSSR count). The fourth-order valence-electron chi connectivity index (χ4n) is 4.73. The number of hydrogen-bond donors (Lipinski definition) is 1. The molecule has 1 unspecified atom stereocenters. The quantitative estimate of drug-likeness (QED) is 0.405. The molecule has 0 saturated carbocycles. The Morgan fingerprint density at radius 2 is 1.82 bits per heavy atom. The fourth-order valence-corrected chi connectivity index (χ4v) is 6.32. The van der Waals surface area contributed by atoms with Gasteiger partial charge in [0.15, 0.2) is 11.6 Å². The lowest BCUT2D eigenvalue weighted by molar-refractivity contribution is -0.169. The van der Waals surface area contributed by atoms with Crippen LogP contribution < -0.4 is 14.4 Å². The Morgan fingerprint density at radius 3 is 2.50 bits per heavy atom. The highest BCUT2D eigenvalue weighted by atomic mass is 35.5. The average molecular weight is 583 g/mol. The van der Waals surface area contributed by atoms with Crippen LogP contribution in [-0.2, 0) is 26.0 Å². The normalized spacial score (nSPS) is 18.2. The second-order valence-electron chi connectivity index (χ2n) is 9.20. The van der Waals surface area contributed by atoms with Crippen LogP contribution in [-0.4, -0.2) is 55.3 Å². The van der Waals surface area contributed by atoms with Gasteiger partial charge in [0.25, 0.3) is 0 Å². The molecule has 13 heteroatoms. The molecule has 2 aliphatic rings.